The minimum Gasteiger partial charge on any atom is -0.332 e. The van der Waals surface area contributed by atoms with E-state index in [0.717, 1.165) is 17.1 Å². The lowest BCUT2D eigenvalue weighted by atomic mass is 10.1. The second-order valence-electron chi connectivity index (χ2n) is 6.92. The van der Waals surface area contributed by atoms with Crippen LogP contribution in [-0.2, 0) is 6.54 Å². The van der Waals surface area contributed by atoms with Crippen LogP contribution in [0.15, 0.2) is 29.0 Å². The fourth-order valence-corrected chi connectivity index (χ4v) is 3.21. The molecule has 27 heavy (non-hydrogen) atoms. The maximum Gasteiger partial charge on any atom is 0.324 e. The van der Waals surface area contributed by atoms with Crippen molar-refractivity contribution in [3.63, 3.8) is 0 Å². The van der Waals surface area contributed by atoms with E-state index in [2.05, 4.69) is 15.1 Å². The molecule has 0 atom stereocenters. The number of imidazole rings is 1. The average molecular weight is 387 g/mol. The molecule has 3 heterocycles. The summed E-state index contributed by atoms with van der Waals surface area (Å²) in [5, 5.41) is 4.58. The van der Waals surface area contributed by atoms with Crippen LogP contribution in [0.4, 0.5) is 10.5 Å². The lowest BCUT2D eigenvalue weighted by Gasteiger charge is -2.32. The van der Waals surface area contributed by atoms with Crippen molar-refractivity contribution in [2.24, 2.45) is 0 Å². The number of hydrogen-bond donors (Lipinski definition) is 0. The number of hydrogen-bond acceptors (Lipinski definition) is 5. The van der Waals surface area contributed by atoms with Crippen molar-refractivity contribution < 1.29 is 9.32 Å². The fraction of sp³-hybridized carbons (Fsp3) is 0.333. The van der Waals surface area contributed by atoms with E-state index in [1.807, 2.05) is 24.5 Å². The lowest BCUT2D eigenvalue weighted by molar-refractivity contribution is 0.223. The summed E-state index contributed by atoms with van der Waals surface area (Å²) in [5.74, 6) is 1.12. The van der Waals surface area contributed by atoms with E-state index in [4.69, 9.17) is 16.1 Å². The first kappa shape index (κ1) is 17.5. The third-order valence-corrected chi connectivity index (χ3v) is 4.67. The number of nitrogens with zero attached hydrogens (tertiary/aromatic N) is 6. The molecule has 0 saturated heterocycles. The Hall–Kier alpha value is -2.87. The van der Waals surface area contributed by atoms with Gasteiger partial charge in [-0.1, -0.05) is 30.6 Å². The Morgan fingerprint density at radius 1 is 1.30 bits per heavy atom. The van der Waals surface area contributed by atoms with Crippen LogP contribution >= 0.6 is 11.6 Å². The minimum absolute atomic E-state index is 0.148. The van der Waals surface area contributed by atoms with Crippen LogP contribution in [0.2, 0.25) is 5.02 Å². The highest BCUT2D eigenvalue weighted by Gasteiger charge is 2.32. The molecule has 0 spiro atoms. The fourth-order valence-electron chi connectivity index (χ4n) is 3.04. The number of carbonyl (C=O) groups excluding carboxylic acids is 1. The number of anilines is 1. The first-order valence-corrected chi connectivity index (χ1v) is 8.93. The molecule has 0 bridgehead atoms. The van der Waals surface area contributed by atoms with E-state index in [-0.39, 0.29) is 11.9 Å². The molecule has 0 fully saturated rings. The van der Waals surface area contributed by atoms with Crippen LogP contribution in [-0.4, -0.2) is 44.7 Å². The predicted octanol–water partition coefficient (Wildman–Crippen LogP) is 3.70. The average Bonchev–Trinajstić information content (AvgIpc) is 3.26. The van der Waals surface area contributed by atoms with Crippen LogP contribution in [0.5, 0.6) is 0 Å². The molecule has 0 saturated carbocycles. The molecular weight excluding hydrogens is 368 g/mol. The maximum absolute atomic E-state index is 12.8. The van der Waals surface area contributed by atoms with Gasteiger partial charge in [-0.05, 0) is 18.2 Å². The summed E-state index contributed by atoms with van der Waals surface area (Å²) in [6.45, 7) is 4.31. The van der Waals surface area contributed by atoms with Gasteiger partial charge in [0, 0.05) is 25.0 Å². The summed E-state index contributed by atoms with van der Waals surface area (Å²) in [7, 11) is 3.43. The van der Waals surface area contributed by atoms with Gasteiger partial charge in [-0.2, -0.15) is 4.98 Å². The third kappa shape index (κ3) is 2.86. The number of benzene rings is 1. The molecule has 2 aromatic heterocycles. The number of rotatable bonds is 2. The van der Waals surface area contributed by atoms with Gasteiger partial charge >= 0.3 is 6.03 Å². The molecule has 9 heteroatoms. The van der Waals surface area contributed by atoms with Crippen molar-refractivity contribution in [2.75, 3.05) is 19.0 Å². The highest BCUT2D eigenvalue weighted by atomic mass is 35.5. The van der Waals surface area contributed by atoms with Gasteiger partial charge in [-0.25, -0.2) is 9.78 Å². The van der Waals surface area contributed by atoms with Gasteiger partial charge in [-0.15, -0.1) is 0 Å². The Labute approximate surface area is 161 Å². The zero-order chi connectivity index (χ0) is 19.3. The van der Waals surface area contributed by atoms with Gasteiger partial charge in [-0.3, -0.25) is 9.47 Å². The van der Waals surface area contributed by atoms with E-state index < -0.39 is 0 Å². The molecule has 0 aliphatic carbocycles. The molecular formula is C18H19ClN6O2. The summed E-state index contributed by atoms with van der Waals surface area (Å²) in [6.07, 6.45) is 1.70. The Bertz CT molecular complexity index is 1020. The van der Waals surface area contributed by atoms with E-state index in [1.54, 1.807) is 37.5 Å². The van der Waals surface area contributed by atoms with E-state index >= 15 is 0 Å². The smallest absolute Gasteiger partial charge is 0.324 e. The van der Waals surface area contributed by atoms with Crippen LogP contribution in [0.25, 0.3) is 17.3 Å². The number of halogens is 1. The van der Waals surface area contributed by atoms with Crippen molar-refractivity contribution in [1.82, 2.24) is 24.6 Å². The first-order valence-electron chi connectivity index (χ1n) is 8.55. The lowest BCUT2D eigenvalue weighted by Crippen LogP contribution is -2.41. The third-order valence-electron chi connectivity index (χ3n) is 4.44. The molecule has 1 aliphatic rings. The number of carbonyl (C=O) groups is 1. The Morgan fingerprint density at radius 2 is 2.07 bits per heavy atom. The molecule has 1 aliphatic heterocycles. The van der Waals surface area contributed by atoms with Crippen molar-refractivity contribution in [1.29, 1.82) is 0 Å². The maximum atomic E-state index is 12.8. The highest BCUT2D eigenvalue weighted by molar-refractivity contribution is 6.31. The number of urea groups is 1. The predicted molar refractivity (Wildman–Crippen MR) is 101 cm³/mol. The molecule has 3 aromatic rings. The van der Waals surface area contributed by atoms with Gasteiger partial charge in [0.05, 0.1) is 23.6 Å². The SMILES string of the molecule is CC(C)c1noc(-c2ncn3c2CN(C(=O)N(C)C)c2cc(Cl)ccc2-3)n1. The number of fused-ring (bicyclic) bond motifs is 3. The van der Waals surface area contributed by atoms with Crippen molar-refractivity contribution in [3.05, 3.63) is 41.1 Å². The summed E-state index contributed by atoms with van der Waals surface area (Å²) in [5.41, 5.74) is 2.93. The van der Waals surface area contributed by atoms with Crippen LogP contribution in [0, 0.1) is 0 Å². The molecule has 140 valence electrons. The Kier molecular flexibility index (Phi) is 4.15. The van der Waals surface area contributed by atoms with Crippen LogP contribution < -0.4 is 4.90 Å². The topological polar surface area (TPSA) is 80.3 Å². The summed E-state index contributed by atoms with van der Waals surface area (Å²) >= 11 is 6.18. The van der Waals surface area contributed by atoms with Gasteiger partial charge in [0.15, 0.2) is 11.5 Å². The highest BCUT2D eigenvalue weighted by Crippen LogP contribution is 2.37. The van der Waals surface area contributed by atoms with Crippen molar-refractivity contribution in [2.45, 2.75) is 26.3 Å². The number of amides is 2. The van der Waals surface area contributed by atoms with E-state index in [1.165, 1.54) is 4.90 Å². The summed E-state index contributed by atoms with van der Waals surface area (Å²) in [6, 6.07) is 5.29. The monoisotopic (exact) mass is 386 g/mol. The largest absolute Gasteiger partial charge is 0.332 e. The van der Waals surface area contributed by atoms with E-state index in [9.17, 15) is 4.79 Å². The normalized spacial score (nSPS) is 12.9. The van der Waals surface area contributed by atoms with Crippen LogP contribution in [0.3, 0.4) is 0 Å². The quantitative estimate of drug-likeness (QED) is 0.670. The van der Waals surface area contributed by atoms with Crippen LogP contribution in [0.1, 0.15) is 31.3 Å². The second kappa shape index (κ2) is 6.38. The zero-order valence-corrected chi connectivity index (χ0v) is 16.2. The summed E-state index contributed by atoms with van der Waals surface area (Å²) in [4.78, 5) is 24.9. The molecule has 0 radical (unpaired) electrons. The standard InChI is InChI=1S/C18H19ClN6O2/c1-10(2)16-21-17(27-22-16)15-14-8-24(18(26)23(3)4)13-7-11(19)5-6-12(13)25(14)9-20-15/h5-7,9-10H,8H2,1-4H3. The van der Waals surface area contributed by atoms with Crippen molar-refractivity contribution in [3.8, 4) is 17.3 Å². The molecule has 1 aromatic carbocycles. The van der Waals surface area contributed by atoms with Gasteiger partial charge < -0.3 is 9.42 Å². The molecule has 2 amide bonds. The number of aromatic nitrogens is 4. The van der Waals surface area contributed by atoms with Crippen molar-refractivity contribution >= 4 is 23.3 Å². The first-order chi connectivity index (χ1) is 12.9. The summed E-state index contributed by atoms with van der Waals surface area (Å²) < 4.78 is 7.35. The Morgan fingerprint density at radius 3 is 2.74 bits per heavy atom. The molecule has 0 unspecified atom stereocenters. The van der Waals surface area contributed by atoms with Gasteiger partial charge in [0.1, 0.15) is 6.33 Å². The molecule has 8 nitrogen and oxygen atoms in total. The minimum atomic E-state index is -0.148. The van der Waals surface area contributed by atoms with E-state index in [0.29, 0.717) is 29.0 Å². The Balaban J connectivity index is 1.86. The molecule has 4 rings (SSSR count). The second-order valence-corrected chi connectivity index (χ2v) is 7.35. The van der Waals surface area contributed by atoms with Gasteiger partial charge in [0.25, 0.3) is 5.89 Å². The van der Waals surface area contributed by atoms with Gasteiger partial charge in [0.2, 0.25) is 0 Å². The molecule has 0 N–H and O–H groups in total. The zero-order valence-electron chi connectivity index (χ0n) is 15.5.